The average molecular weight is 1460 g/mol. The summed E-state index contributed by atoms with van der Waals surface area (Å²) in [6.45, 7) is 7.53. The Morgan fingerprint density at radius 2 is 0.921 bits per heavy atom. The van der Waals surface area contributed by atoms with Crippen LogP contribution >= 0.6 is 15.9 Å². The van der Waals surface area contributed by atoms with Crippen molar-refractivity contribution in [2.24, 2.45) is 22.9 Å². The van der Waals surface area contributed by atoms with Gasteiger partial charge in [0.25, 0.3) is 0 Å². The Bertz CT molecular complexity index is 5070. The first-order chi connectivity index (χ1) is 48.6. The van der Waals surface area contributed by atoms with Crippen LogP contribution < -0.4 is 26.6 Å². The summed E-state index contributed by atoms with van der Waals surface area (Å²) >= 11 is 3.37. The van der Waals surface area contributed by atoms with Crippen LogP contribution in [0.1, 0.15) is 47.0 Å². The summed E-state index contributed by atoms with van der Waals surface area (Å²) in [5.74, 6) is 0.512. The van der Waals surface area contributed by atoms with Crippen LogP contribution in [0.5, 0.6) is 0 Å². The zero-order valence-electron chi connectivity index (χ0n) is 55.5. The van der Waals surface area contributed by atoms with Crippen LogP contribution in [0.25, 0.3) is 71.8 Å². The molecule has 0 unspecified atom stereocenters. The number of ether oxygens (including phenoxy) is 4. The molecule has 11 N–H and O–H groups in total. The van der Waals surface area contributed by atoms with E-state index in [1.165, 1.54) is 5.39 Å². The van der Waals surface area contributed by atoms with Gasteiger partial charge in [-0.1, -0.05) is 127 Å². The molecule has 3 aliphatic carbocycles. The van der Waals surface area contributed by atoms with Gasteiger partial charge < -0.3 is 65.4 Å². The highest BCUT2D eigenvalue weighted by Gasteiger charge is 2.55. The van der Waals surface area contributed by atoms with Gasteiger partial charge in [0.1, 0.15) is 40.4 Å². The molecule has 2 saturated heterocycles. The number of fused-ring (bicyclic) bond motifs is 8. The number of hydrogen-bond donors (Lipinski definition) is 10. The Morgan fingerprint density at radius 3 is 1.39 bits per heavy atom. The first-order valence-corrected chi connectivity index (χ1v) is 35.6. The fourth-order valence-electron chi connectivity index (χ4n) is 14.6. The SMILES string of the molecule is CC1(C)O[C@@H]2[C@@H](CO)C[C@@H](Nc3ccnc4cc(-c5cccc6ccccc56)nn34)[C@@H]2O1.CC1(C)O[C@@H]2[C@@H](CO)C[C@@H](Nc3ccnc4cc(Br)nn34)[C@@H]2O1.NS(=O)(=O)OC[C@H]1C[C@@H](Nc2ccnc3cc(-c4cccc5ccccc45)nn23)[C@H](O)[C@@H]1O.OB(O)c1cccc2ccccc12. The third-order valence-electron chi connectivity index (χ3n) is 19.2. The third-order valence-corrected chi connectivity index (χ3v) is 20.0. The Hall–Kier alpha value is -8.63. The Labute approximate surface area is 589 Å². The molecule has 29 heteroatoms. The predicted molar refractivity (Wildman–Crippen MR) is 386 cm³/mol. The molecule has 5 fully saturated rings. The summed E-state index contributed by atoms with van der Waals surface area (Å²) < 4.78 is 57.0. The molecular weight excluding hydrogens is 1380 g/mol. The van der Waals surface area contributed by atoms with Crippen molar-refractivity contribution >= 4 is 106 Å². The number of rotatable bonds is 14. The molecule has 17 rings (SSSR count). The Kier molecular flexibility index (Phi) is 19.7. The number of anilines is 3. The van der Waals surface area contributed by atoms with Gasteiger partial charge in [-0.3, -0.25) is 4.18 Å². The van der Waals surface area contributed by atoms with Gasteiger partial charge in [-0.25, -0.2) is 20.1 Å². The zero-order chi connectivity index (χ0) is 70.5. The van der Waals surface area contributed by atoms with Crippen molar-refractivity contribution in [2.75, 3.05) is 35.8 Å². The van der Waals surface area contributed by atoms with Crippen LogP contribution in [0.3, 0.4) is 0 Å². The maximum absolute atomic E-state index is 11.1. The smallest absolute Gasteiger partial charge is 0.423 e. The van der Waals surface area contributed by atoms with E-state index in [0.29, 0.717) is 16.9 Å². The summed E-state index contributed by atoms with van der Waals surface area (Å²) in [6, 6.07) is 52.6. The Balaban J connectivity index is 0.000000120. The quantitative estimate of drug-likeness (QED) is 0.0472. The molecule has 0 bridgehead atoms. The molecule has 8 heterocycles. The number of aliphatic hydroxyl groups excluding tert-OH is 4. The number of halogens is 1. The lowest BCUT2D eigenvalue weighted by Gasteiger charge is -2.24. The number of aliphatic hydroxyl groups is 4. The largest absolute Gasteiger partial charge is 0.489 e. The second-order valence-electron chi connectivity index (χ2n) is 26.8. The lowest BCUT2D eigenvalue weighted by Crippen LogP contribution is -2.36. The van der Waals surface area contributed by atoms with Crippen LogP contribution in [0, 0.1) is 17.8 Å². The number of nitrogens with one attached hydrogen (secondary N) is 3. The maximum atomic E-state index is 11.1. The van der Waals surface area contributed by atoms with Crippen LogP contribution in [0.4, 0.5) is 17.5 Å². The van der Waals surface area contributed by atoms with Crippen molar-refractivity contribution in [3.63, 3.8) is 0 Å². The second kappa shape index (κ2) is 28.7. The zero-order valence-corrected chi connectivity index (χ0v) is 57.9. The third kappa shape index (κ3) is 14.8. The van der Waals surface area contributed by atoms with E-state index < -0.39 is 53.2 Å². The monoisotopic (exact) mass is 1450 g/mol. The van der Waals surface area contributed by atoms with Gasteiger partial charge in [0, 0.05) is 78.9 Å². The van der Waals surface area contributed by atoms with Gasteiger partial charge in [0.15, 0.2) is 28.5 Å². The lowest BCUT2D eigenvalue weighted by molar-refractivity contribution is -0.159. The predicted octanol–water partition coefficient (Wildman–Crippen LogP) is 7.48. The van der Waals surface area contributed by atoms with E-state index in [1.807, 2.05) is 154 Å². The van der Waals surface area contributed by atoms with E-state index in [-0.39, 0.29) is 74.6 Å². The summed E-state index contributed by atoms with van der Waals surface area (Å²) in [5, 5.41) is 94.1. The van der Waals surface area contributed by atoms with Gasteiger partial charge >= 0.3 is 17.4 Å². The highest BCUT2D eigenvalue weighted by molar-refractivity contribution is 9.10. The molecule has 2 aliphatic heterocycles. The van der Waals surface area contributed by atoms with Crippen molar-refractivity contribution in [3.8, 4) is 22.5 Å². The van der Waals surface area contributed by atoms with Gasteiger partial charge in [-0.2, -0.15) is 37.3 Å². The lowest BCUT2D eigenvalue weighted by atomic mass is 9.77. The second-order valence-corrected chi connectivity index (χ2v) is 28.8. The van der Waals surface area contributed by atoms with Crippen LogP contribution in [-0.4, -0.2) is 176 Å². The summed E-state index contributed by atoms with van der Waals surface area (Å²) in [6.07, 6.45) is 4.28. The molecule has 0 spiro atoms. The Morgan fingerprint density at radius 1 is 0.525 bits per heavy atom. The van der Waals surface area contributed by atoms with Crippen molar-refractivity contribution < 1.29 is 62.0 Å². The molecule has 6 aromatic carbocycles. The minimum Gasteiger partial charge on any atom is -0.423 e. The molecule has 0 amide bonds. The fourth-order valence-corrected chi connectivity index (χ4v) is 15.3. The molecule has 524 valence electrons. The van der Waals surface area contributed by atoms with Gasteiger partial charge in [0.05, 0.1) is 54.4 Å². The van der Waals surface area contributed by atoms with Crippen molar-refractivity contribution in [1.82, 2.24) is 43.8 Å². The maximum Gasteiger partial charge on any atom is 0.489 e. The topological polar surface area (TPSA) is 354 Å². The van der Waals surface area contributed by atoms with E-state index in [2.05, 4.69) is 86.4 Å². The van der Waals surface area contributed by atoms with Crippen molar-refractivity contribution in [3.05, 3.63) is 187 Å². The van der Waals surface area contributed by atoms with Crippen LogP contribution in [0.2, 0.25) is 0 Å². The van der Waals surface area contributed by atoms with Gasteiger partial charge in [0.2, 0.25) is 0 Å². The molecule has 26 nitrogen and oxygen atoms in total. The first kappa shape index (κ1) is 69.5. The van der Waals surface area contributed by atoms with E-state index in [0.717, 1.165) is 89.8 Å². The molecule has 0 radical (unpaired) electrons. The highest BCUT2D eigenvalue weighted by atomic mass is 79.9. The first-order valence-electron chi connectivity index (χ1n) is 33.3. The fraction of sp³-hybridized carbons (Fsp3) is 0.333. The summed E-state index contributed by atoms with van der Waals surface area (Å²) in [7, 11) is -5.53. The van der Waals surface area contributed by atoms with E-state index in [9.17, 15) is 28.8 Å². The van der Waals surface area contributed by atoms with E-state index in [4.69, 9.17) is 44.3 Å². The molecule has 5 aliphatic rings. The average Bonchev–Trinajstić information content (AvgIpc) is 1.62. The molecule has 3 saturated carbocycles. The van der Waals surface area contributed by atoms with E-state index >= 15 is 0 Å². The standard InChI is InChI=1S/C25H26N4O3.C22H23N5O5S.C15H19BrN4O3.C10H9BO2/c1-25(2)31-23-16(14-30)12-20(24(23)32-25)27-21-10-11-26-22-13-19(28-29(21)22)18-9-5-7-15-6-3-4-8-17(15)18;23-33(30,31)32-12-14-10-18(22(29)21(14)28)25-19-8-9-24-20-11-17(26-27(19)20)16-7-3-5-13-4-1-2-6-15(13)16;1-15(2)22-13-8(7-21)5-9(14(13)23-15)18-11-3-4-17-12-6-10(16)19-20(11)12;12-11(13)10-7-3-5-8-4-1-2-6-9(8)10/h3-11,13,16,20,23-24,27,30H,12,14H2,1-2H3;1-9,11,14,18,21-22,25,28-29H,10,12H2,(H2,23,30,31);3-4,6,8-9,13-14,18,21H,5,7H2,1-2H3;1-7,12-13H/t16-,20-,23-,24+;14-,18-,21-,22+;8-,9-,13-,14+;/m111./s1. The number of hydrogen-bond acceptors (Lipinski definition) is 22. The van der Waals surface area contributed by atoms with Crippen molar-refractivity contribution in [2.45, 2.75) is 113 Å². The van der Waals surface area contributed by atoms with Crippen LogP contribution in [0.15, 0.2) is 187 Å². The minimum atomic E-state index is -4.13. The molecule has 101 heavy (non-hydrogen) atoms. The number of nitrogens with two attached hydrogens (primary N) is 1. The van der Waals surface area contributed by atoms with Crippen LogP contribution in [-0.2, 0) is 33.4 Å². The normalized spacial score (nSPS) is 24.8. The van der Waals surface area contributed by atoms with E-state index in [1.54, 1.807) is 39.8 Å². The summed E-state index contributed by atoms with van der Waals surface area (Å²) in [5.41, 5.74) is 6.39. The molecular formula is C72H77BBrN13O13S. The number of nitrogens with zero attached hydrogens (tertiary/aromatic N) is 9. The molecule has 6 aromatic heterocycles. The molecule has 12 atom stereocenters. The number of benzene rings is 6. The highest BCUT2D eigenvalue weighted by Crippen LogP contribution is 2.45. The number of aromatic nitrogens is 9. The molecule has 12 aromatic rings. The summed E-state index contributed by atoms with van der Waals surface area (Å²) in [4.78, 5) is 13.2. The van der Waals surface area contributed by atoms with Gasteiger partial charge in [-0.05, 0) is 119 Å². The minimum absolute atomic E-state index is 0.00901. The van der Waals surface area contributed by atoms with Gasteiger partial charge in [-0.15, -0.1) is 0 Å². The van der Waals surface area contributed by atoms with Crippen molar-refractivity contribution in [1.29, 1.82) is 0 Å².